The van der Waals surface area contributed by atoms with Gasteiger partial charge in [0.1, 0.15) is 0 Å². The molecule has 0 amide bonds. The molecule has 1 aliphatic carbocycles. The number of aryl methyl sites for hydroxylation is 1. The van der Waals surface area contributed by atoms with Crippen molar-refractivity contribution >= 4 is 68.6 Å². The number of hydrogen-bond donors (Lipinski definition) is 0. The van der Waals surface area contributed by atoms with Crippen LogP contribution in [0.15, 0.2) is 170 Å². The summed E-state index contributed by atoms with van der Waals surface area (Å²) >= 11 is 0. The Morgan fingerprint density at radius 2 is 1.01 bits per heavy atom. The highest BCUT2D eigenvalue weighted by molar-refractivity contribution is 7.00. The van der Waals surface area contributed by atoms with E-state index in [0.29, 0.717) is 0 Å². The van der Waals surface area contributed by atoms with Gasteiger partial charge in [0.2, 0.25) is 0 Å². The SMILES string of the molecule is Cc1cc2c3c(c1)N1c4c(cc(-c5ccccc5)cc4C4(C)CCCCC14C)B3c1ccc(N(c3ccc(C(C)(C)C)cc3)c3ccc(C(C)(C)C)cc3)cc1N2c1ccc(C(C)(C)C)cc1-c1ccccc1. The Kier molecular flexibility index (Phi) is 10.8. The molecule has 0 N–H and O–H groups in total. The van der Waals surface area contributed by atoms with Crippen LogP contribution in [-0.2, 0) is 21.7 Å². The van der Waals surface area contributed by atoms with Crippen LogP contribution in [0.3, 0.4) is 0 Å². The highest BCUT2D eigenvalue weighted by Crippen LogP contribution is 2.62. The van der Waals surface area contributed by atoms with Gasteiger partial charge in [-0.05, 0) is 171 Å². The summed E-state index contributed by atoms with van der Waals surface area (Å²) < 4.78 is 0. The fraction of sp³-hybridized carbons (Fsp3) is 0.304. The average Bonchev–Trinajstić information content (AvgIpc) is 3.59. The molecule has 2 unspecified atom stereocenters. The second kappa shape index (κ2) is 16.6. The van der Waals surface area contributed by atoms with Crippen LogP contribution in [0.25, 0.3) is 22.3 Å². The molecule has 12 rings (SSSR count). The monoisotopic (exact) mass is 954 g/mol. The van der Waals surface area contributed by atoms with Crippen LogP contribution in [0, 0.1) is 6.92 Å². The predicted molar refractivity (Wildman–Crippen MR) is 315 cm³/mol. The first-order valence-corrected chi connectivity index (χ1v) is 27.1. The topological polar surface area (TPSA) is 9.72 Å². The van der Waals surface area contributed by atoms with Crippen molar-refractivity contribution < 1.29 is 0 Å². The summed E-state index contributed by atoms with van der Waals surface area (Å²) in [7, 11) is 0. The minimum atomic E-state index is -0.0890. The van der Waals surface area contributed by atoms with E-state index in [0.717, 1.165) is 23.5 Å². The van der Waals surface area contributed by atoms with Crippen LogP contribution in [0.1, 0.15) is 130 Å². The third-order valence-corrected chi connectivity index (χ3v) is 17.7. The van der Waals surface area contributed by atoms with Crippen LogP contribution in [0.2, 0.25) is 0 Å². The summed E-state index contributed by atoms with van der Waals surface area (Å²) in [6.07, 6.45) is 4.83. The minimum Gasteiger partial charge on any atom is -0.335 e. The molecule has 3 aliphatic heterocycles. The van der Waals surface area contributed by atoms with E-state index in [1.54, 1.807) is 0 Å². The molecule has 0 aromatic heterocycles. The molecule has 0 saturated heterocycles. The van der Waals surface area contributed by atoms with Gasteiger partial charge < -0.3 is 14.7 Å². The normalized spacial score (nSPS) is 18.8. The summed E-state index contributed by atoms with van der Waals surface area (Å²) in [5.41, 5.74) is 25.8. The summed E-state index contributed by atoms with van der Waals surface area (Å²) in [6.45, 7) is 28.4. The first-order valence-electron chi connectivity index (χ1n) is 27.1. The highest BCUT2D eigenvalue weighted by atomic mass is 15.3. The molecule has 1 saturated carbocycles. The molecule has 1 fully saturated rings. The molecule has 0 bridgehead atoms. The zero-order valence-corrected chi connectivity index (χ0v) is 45.4. The van der Waals surface area contributed by atoms with Gasteiger partial charge in [-0.3, -0.25) is 0 Å². The second-order valence-corrected chi connectivity index (χ2v) is 25.5. The first kappa shape index (κ1) is 47.2. The average molecular weight is 954 g/mol. The Balaban J connectivity index is 1.18. The van der Waals surface area contributed by atoms with Crippen LogP contribution < -0.4 is 31.1 Å². The minimum absolute atomic E-state index is 0.00604. The molecule has 3 heterocycles. The Bertz CT molecular complexity index is 3390. The van der Waals surface area contributed by atoms with E-state index in [9.17, 15) is 0 Å². The summed E-state index contributed by atoms with van der Waals surface area (Å²) in [4.78, 5) is 8.03. The number of benzene rings is 8. The van der Waals surface area contributed by atoms with E-state index in [-0.39, 0.29) is 33.9 Å². The zero-order chi connectivity index (χ0) is 51.0. The zero-order valence-electron chi connectivity index (χ0n) is 45.4. The van der Waals surface area contributed by atoms with E-state index >= 15 is 0 Å². The van der Waals surface area contributed by atoms with Crippen molar-refractivity contribution in [1.29, 1.82) is 0 Å². The molecule has 4 aliphatic rings. The van der Waals surface area contributed by atoms with E-state index < -0.39 is 0 Å². The van der Waals surface area contributed by atoms with E-state index in [4.69, 9.17) is 0 Å². The lowest BCUT2D eigenvalue weighted by atomic mass is 9.33. The molecule has 3 nitrogen and oxygen atoms in total. The fourth-order valence-electron chi connectivity index (χ4n) is 13.4. The first-order chi connectivity index (χ1) is 34.7. The number of nitrogens with zero attached hydrogens (tertiary/aromatic N) is 3. The number of fused-ring (bicyclic) bond motifs is 7. The van der Waals surface area contributed by atoms with Crippen molar-refractivity contribution in [3.8, 4) is 22.3 Å². The molecular weight excluding hydrogens is 882 g/mol. The maximum atomic E-state index is 2.87. The maximum absolute atomic E-state index is 2.87. The van der Waals surface area contributed by atoms with Gasteiger partial charge in [0.25, 0.3) is 6.71 Å². The molecule has 366 valence electrons. The lowest BCUT2D eigenvalue weighted by Crippen LogP contribution is -2.64. The van der Waals surface area contributed by atoms with Crippen molar-refractivity contribution in [2.75, 3.05) is 14.7 Å². The predicted octanol–water partition coefficient (Wildman–Crippen LogP) is 17.0. The van der Waals surface area contributed by atoms with Gasteiger partial charge >= 0.3 is 0 Å². The largest absolute Gasteiger partial charge is 0.335 e. The lowest BCUT2D eigenvalue weighted by Gasteiger charge is -2.53. The van der Waals surface area contributed by atoms with Crippen LogP contribution in [-0.4, -0.2) is 12.3 Å². The van der Waals surface area contributed by atoms with Crippen molar-refractivity contribution in [3.63, 3.8) is 0 Å². The van der Waals surface area contributed by atoms with Gasteiger partial charge in [0.05, 0.1) is 11.2 Å². The Morgan fingerprint density at radius 3 is 1.62 bits per heavy atom. The number of anilines is 8. The standard InChI is InChI=1S/C69H72BN3/c1-45-39-61-63-62(40-45)73-64-56(68(11)37-19-20-38-69(68,73)12)41-48(46-21-15-13-16-22-46)42-58(64)70(63)57-35-34-54(44-60(57)72(61)59-36-29-51(67(8,9)10)43-55(59)47-23-17-14-18-24-47)71(52-30-25-49(26-31-52)65(2,3)4)53-32-27-50(28-33-53)66(5,6)7/h13-18,21-36,39-44H,19-20,37-38H2,1-12H3. The second-order valence-electron chi connectivity index (χ2n) is 25.5. The smallest absolute Gasteiger partial charge is 0.252 e. The third kappa shape index (κ3) is 7.44. The Labute approximate surface area is 437 Å². The van der Waals surface area contributed by atoms with Gasteiger partial charge in [0.15, 0.2) is 0 Å². The van der Waals surface area contributed by atoms with Gasteiger partial charge in [-0.2, -0.15) is 0 Å². The van der Waals surface area contributed by atoms with E-state index in [1.807, 2.05) is 0 Å². The molecule has 73 heavy (non-hydrogen) atoms. The molecular formula is C69H72BN3. The number of hydrogen-bond acceptors (Lipinski definition) is 3. The van der Waals surface area contributed by atoms with Crippen LogP contribution in [0.4, 0.5) is 45.5 Å². The van der Waals surface area contributed by atoms with Crippen LogP contribution in [0.5, 0.6) is 0 Å². The summed E-state index contributed by atoms with van der Waals surface area (Å²) in [5, 5.41) is 0. The Morgan fingerprint density at radius 1 is 0.466 bits per heavy atom. The molecule has 0 radical (unpaired) electrons. The van der Waals surface area contributed by atoms with Gasteiger partial charge in [-0.1, -0.05) is 185 Å². The maximum Gasteiger partial charge on any atom is 0.252 e. The van der Waals surface area contributed by atoms with Gasteiger partial charge in [-0.25, -0.2) is 0 Å². The fourth-order valence-corrected chi connectivity index (χ4v) is 13.4. The number of rotatable bonds is 6. The molecule has 8 aromatic carbocycles. The third-order valence-electron chi connectivity index (χ3n) is 17.7. The van der Waals surface area contributed by atoms with Gasteiger partial charge in [-0.15, -0.1) is 0 Å². The van der Waals surface area contributed by atoms with Crippen molar-refractivity contribution in [2.45, 2.75) is 136 Å². The summed E-state index contributed by atoms with van der Waals surface area (Å²) in [6, 6.07) is 65.9. The summed E-state index contributed by atoms with van der Waals surface area (Å²) in [5.74, 6) is 0. The van der Waals surface area contributed by atoms with Gasteiger partial charge in [0, 0.05) is 50.8 Å². The molecule has 0 spiro atoms. The molecule has 4 heteroatoms. The van der Waals surface area contributed by atoms with Crippen molar-refractivity contribution in [2.24, 2.45) is 0 Å². The lowest BCUT2D eigenvalue weighted by molar-refractivity contribution is 0.195. The van der Waals surface area contributed by atoms with Crippen molar-refractivity contribution in [1.82, 2.24) is 0 Å². The Hall–Kier alpha value is -6.78. The molecule has 2 atom stereocenters. The van der Waals surface area contributed by atoms with E-state index in [2.05, 4.69) is 268 Å². The van der Waals surface area contributed by atoms with E-state index in [1.165, 1.54) is 114 Å². The van der Waals surface area contributed by atoms with Crippen molar-refractivity contribution in [3.05, 3.63) is 198 Å². The van der Waals surface area contributed by atoms with Crippen LogP contribution >= 0.6 is 0 Å². The molecule has 8 aromatic rings. The highest BCUT2D eigenvalue weighted by Gasteiger charge is 2.61. The quantitative estimate of drug-likeness (QED) is 0.154.